The second kappa shape index (κ2) is 9.74. The zero-order valence-corrected chi connectivity index (χ0v) is 20.1. The van der Waals surface area contributed by atoms with Crippen LogP contribution in [-0.2, 0) is 11.3 Å². The highest BCUT2D eigenvalue weighted by Crippen LogP contribution is 2.34. The molecule has 0 saturated carbocycles. The second-order valence-electron chi connectivity index (χ2n) is 8.89. The Labute approximate surface area is 203 Å². The summed E-state index contributed by atoms with van der Waals surface area (Å²) in [5.41, 5.74) is 2.75. The third-order valence-corrected chi connectivity index (χ3v) is 6.81. The van der Waals surface area contributed by atoms with Crippen LogP contribution < -0.4 is 0 Å². The van der Waals surface area contributed by atoms with E-state index >= 15 is 0 Å². The summed E-state index contributed by atoms with van der Waals surface area (Å²) in [4.78, 5) is 18.2. The van der Waals surface area contributed by atoms with Gasteiger partial charge in [-0.2, -0.15) is 5.10 Å². The standard InChI is InChI=1S/C25H28ClN5O3/c1-17-14-21(28-34-17)16-29-9-11-30(12-10-29)18(2)25(32)31-23(24-4-3-13-33-24)15-22(27-31)19-5-7-20(26)8-6-19/h3-8,13-14,18,23H,9-12,15-16H2,1-2H3/t18-,23+/m0/s1. The van der Waals surface area contributed by atoms with Crippen molar-refractivity contribution in [3.8, 4) is 0 Å². The van der Waals surface area contributed by atoms with Crippen molar-refractivity contribution in [3.05, 3.63) is 76.5 Å². The van der Waals surface area contributed by atoms with E-state index in [1.54, 1.807) is 11.3 Å². The molecule has 0 radical (unpaired) electrons. The van der Waals surface area contributed by atoms with Gasteiger partial charge in [0.25, 0.3) is 5.91 Å². The van der Waals surface area contributed by atoms with Crippen molar-refractivity contribution in [2.75, 3.05) is 26.2 Å². The number of aryl methyl sites for hydroxylation is 1. The van der Waals surface area contributed by atoms with Crippen LogP contribution in [0, 0.1) is 6.92 Å². The number of hydrazone groups is 1. The number of carbonyl (C=O) groups excluding carboxylic acids is 1. The molecule has 2 aliphatic rings. The van der Waals surface area contributed by atoms with Crippen LogP contribution in [0.3, 0.4) is 0 Å². The molecular formula is C25H28ClN5O3. The van der Waals surface area contributed by atoms with E-state index in [0.29, 0.717) is 11.4 Å². The molecule has 0 spiro atoms. The predicted molar refractivity (Wildman–Crippen MR) is 128 cm³/mol. The van der Waals surface area contributed by atoms with Crippen LogP contribution in [0.15, 0.2) is 62.8 Å². The Balaban J connectivity index is 1.27. The van der Waals surface area contributed by atoms with Crippen LogP contribution in [0.25, 0.3) is 0 Å². The number of hydrogen-bond acceptors (Lipinski definition) is 7. The molecule has 4 heterocycles. The Morgan fingerprint density at radius 2 is 1.94 bits per heavy atom. The van der Waals surface area contributed by atoms with Gasteiger partial charge in [-0.3, -0.25) is 14.6 Å². The number of halogens is 1. The van der Waals surface area contributed by atoms with Crippen LogP contribution >= 0.6 is 11.6 Å². The topological polar surface area (TPSA) is 78.3 Å². The van der Waals surface area contributed by atoms with E-state index in [0.717, 1.165) is 61.2 Å². The molecule has 3 aromatic rings. The summed E-state index contributed by atoms with van der Waals surface area (Å²) in [5.74, 6) is 1.54. The highest BCUT2D eigenvalue weighted by Gasteiger charge is 2.38. The third-order valence-electron chi connectivity index (χ3n) is 6.56. The minimum Gasteiger partial charge on any atom is -0.467 e. The quantitative estimate of drug-likeness (QED) is 0.527. The summed E-state index contributed by atoms with van der Waals surface area (Å²) in [6.45, 7) is 7.96. The lowest BCUT2D eigenvalue weighted by molar-refractivity contribution is -0.139. The van der Waals surface area contributed by atoms with Crippen molar-refractivity contribution in [1.82, 2.24) is 20.0 Å². The van der Waals surface area contributed by atoms with Crippen molar-refractivity contribution in [2.45, 2.75) is 38.9 Å². The van der Waals surface area contributed by atoms with E-state index in [1.165, 1.54) is 0 Å². The van der Waals surface area contributed by atoms with E-state index in [-0.39, 0.29) is 18.0 Å². The van der Waals surface area contributed by atoms with Gasteiger partial charge in [-0.15, -0.1) is 0 Å². The lowest BCUT2D eigenvalue weighted by Crippen LogP contribution is -2.53. The molecule has 1 saturated heterocycles. The number of carbonyl (C=O) groups is 1. The van der Waals surface area contributed by atoms with E-state index in [9.17, 15) is 4.79 Å². The van der Waals surface area contributed by atoms with Crippen molar-refractivity contribution < 1.29 is 13.7 Å². The monoisotopic (exact) mass is 481 g/mol. The van der Waals surface area contributed by atoms with Gasteiger partial charge in [0.2, 0.25) is 0 Å². The number of aromatic nitrogens is 1. The number of nitrogens with zero attached hydrogens (tertiary/aromatic N) is 5. The summed E-state index contributed by atoms with van der Waals surface area (Å²) in [6, 6.07) is 12.7. The number of benzene rings is 1. The molecule has 9 heteroatoms. The summed E-state index contributed by atoms with van der Waals surface area (Å²) in [7, 11) is 0. The van der Waals surface area contributed by atoms with Gasteiger partial charge in [0.15, 0.2) is 0 Å². The third kappa shape index (κ3) is 4.80. The summed E-state index contributed by atoms with van der Waals surface area (Å²) in [5, 5.41) is 11.1. The van der Waals surface area contributed by atoms with E-state index in [4.69, 9.17) is 25.6 Å². The zero-order valence-electron chi connectivity index (χ0n) is 19.4. The van der Waals surface area contributed by atoms with Crippen molar-refractivity contribution >= 4 is 23.2 Å². The maximum absolute atomic E-state index is 13.6. The molecule has 0 unspecified atom stereocenters. The molecule has 34 heavy (non-hydrogen) atoms. The number of piperazine rings is 1. The fourth-order valence-electron chi connectivity index (χ4n) is 4.61. The fraction of sp³-hybridized carbons (Fsp3) is 0.400. The molecule has 8 nitrogen and oxygen atoms in total. The fourth-order valence-corrected chi connectivity index (χ4v) is 4.74. The molecule has 2 atom stereocenters. The first-order valence-electron chi connectivity index (χ1n) is 11.6. The molecule has 1 aromatic carbocycles. The molecular weight excluding hydrogens is 454 g/mol. The number of hydrogen-bond donors (Lipinski definition) is 0. The van der Waals surface area contributed by atoms with Crippen LogP contribution in [-0.4, -0.2) is 63.8 Å². The Morgan fingerprint density at radius 3 is 2.59 bits per heavy atom. The van der Waals surface area contributed by atoms with Gasteiger partial charge >= 0.3 is 0 Å². The highest BCUT2D eigenvalue weighted by molar-refractivity contribution is 6.30. The molecule has 0 aliphatic carbocycles. The van der Waals surface area contributed by atoms with Crippen molar-refractivity contribution in [2.24, 2.45) is 5.10 Å². The van der Waals surface area contributed by atoms with Gasteiger partial charge in [-0.05, 0) is 43.7 Å². The van der Waals surface area contributed by atoms with Gasteiger partial charge in [0.1, 0.15) is 17.6 Å². The van der Waals surface area contributed by atoms with Gasteiger partial charge in [-0.25, -0.2) is 5.01 Å². The van der Waals surface area contributed by atoms with Gasteiger partial charge < -0.3 is 8.94 Å². The lowest BCUT2D eigenvalue weighted by Gasteiger charge is -2.38. The SMILES string of the molecule is Cc1cc(CN2CCN([C@@H](C)C(=O)N3N=C(c4ccc(Cl)cc4)C[C@@H]3c3ccco3)CC2)no1. The Morgan fingerprint density at radius 1 is 1.18 bits per heavy atom. The Bertz CT molecular complexity index is 1150. The van der Waals surface area contributed by atoms with Crippen molar-refractivity contribution in [3.63, 3.8) is 0 Å². The maximum atomic E-state index is 13.6. The molecule has 2 aliphatic heterocycles. The van der Waals surface area contributed by atoms with Crippen LogP contribution in [0.1, 0.15) is 42.2 Å². The Hall–Kier alpha value is -2.94. The molecule has 2 aromatic heterocycles. The normalized spacial score (nSPS) is 20.5. The molecule has 178 valence electrons. The average molecular weight is 482 g/mol. The van der Waals surface area contributed by atoms with Crippen LogP contribution in [0.4, 0.5) is 0 Å². The second-order valence-corrected chi connectivity index (χ2v) is 9.33. The van der Waals surface area contributed by atoms with Crippen LogP contribution in [0.5, 0.6) is 0 Å². The van der Waals surface area contributed by atoms with E-state index < -0.39 is 0 Å². The van der Waals surface area contributed by atoms with Crippen molar-refractivity contribution in [1.29, 1.82) is 0 Å². The lowest BCUT2D eigenvalue weighted by atomic mass is 10.0. The average Bonchev–Trinajstić information content (AvgIpc) is 3.60. The van der Waals surface area contributed by atoms with E-state index in [2.05, 4.69) is 15.0 Å². The highest BCUT2D eigenvalue weighted by atomic mass is 35.5. The van der Waals surface area contributed by atoms with Gasteiger partial charge in [-0.1, -0.05) is 28.9 Å². The predicted octanol–water partition coefficient (Wildman–Crippen LogP) is 4.11. The maximum Gasteiger partial charge on any atom is 0.260 e. The largest absolute Gasteiger partial charge is 0.467 e. The Kier molecular flexibility index (Phi) is 6.54. The molecule has 0 N–H and O–H groups in total. The van der Waals surface area contributed by atoms with Crippen LogP contribution in [0.2, 0.25) is 5.02 Å². The first kappa shape index (κ1) is 22.8. The molecule has 0 bridgehead atoms. The first-order valence-corrected chi connectivity index (χ1v) is 11.9. The number of amides is 1. The molecule has 1 amide bonds. The summed E-state index contributed by atoms with van der Waals surface area (Å²) >= 11 is 6.06. The van der Waals surface area contributed by atoms with E-state index in [1.807, 2.05) is 56.3 Å². The first-order chi connectivity index (χ1) is 16.5. The minimum atomic E-state index is -0.290. The zero-order chi connectivity index (χ0) is 23.7. The molecule has 5 rings (SSSR count). The van der Waals surface area contributed by atoms with Gasteiger partial charge in [0.05, 0.1) is 23.7 Å². The molecule has 1 fully saturated rings. The minimum absolute atomic E-state index is 0.0223. The van der Waals surface area contributed by atoms with Gasteiger partial charge in [0, 0.05) is 50.2 Å². The summed E-state index contributed by atoms with van der Waals surface area (Å²) < 4.78 is 10.9. The summed E-state index contributed by atoms with van der Waals surface area (Å²) in [6.07, 6.45) is 2.23. The smallest absolute Gasteiger partial charge is 0.260 e. The number of furan rings is 1. The number of rotatable bonds is 6.